The Morgan fingerprint density at radius 3 is 2.39 bits per heavy atom. The SMILES string of the molecule is CN=C(NCCc1ccc(OC)c(OC)c1)NCc1ccc(OC(C)C)nc1. The zero-order chi connectivity index (χ0) is 20.4. The van der Waals surface area contributed by atoms with E-state index in [1.165, 1.54) is 0 Å². The van der Waals surface area contributed by atoms with Gasteiger partial charge in [0.25, 0.3) is 0 Å². The second-order valence-electron chi connectivity index (χ2n) is 6.46. The molecule has 28 heavy (non-hydrogen) atoms. The molecule has 0 atom stereocenters. The van der Waals surface area contributed by atoms with E-state index in [0.717, 1.165) is 41.6 Å². The minimum Gasteiger partial charge on any atom is -0.493 e. The van der Waals surface area contributed by atoms with Gasteiger partial charge in [0.15, 0.2) is 17.5 Å². The molecule has 0 amide bonds. The maximum Gasteiger partial charge on any atom is 0.213 e. The highest BCUT2D eigenvalue weighted by atomic mass is 16.5. The standard InChI is InChI=1S/C21H30N4O3/c1-15(2)28-20-9-7-17(13-24-20)14-25-21(22-3)23-11-10-16-6-8-18(26-4)19(12-16)27-5/h6-9,12-13,15H,10-11,14H2,1-5H3,(H2,22,23,25). The number of aromatic nitrogens is 1. The van der Waals surface area contributed by atoms with Gasteiger partial charge in [0, 0.05) is 32.4 Å². The van der Waals surface area contributed by atoms with Gasteiger partial charge in [0.2, 0.25) is 5.88 Å². The van der Waals surface area contributed by atoms with Crippen LogP contribution in [-0.4, -0.2) is 44.9 Å². The molecule has 7 nitrogen and oxygen atoms in total. The number of ether oxygens (including phenoxy) is 3. The first-order valence-electron chi connectivity index (χ1n) is 9.32. The summed E-state index contributed by atoms with van der Waals surface area (Å²) < 4.78 is 16.2. The van der Waals surface area contributed by atoms with Crippen molar-refractivity contribution in [1.82, 2.24) is 15.6 Å². The molecule has 1 heterocycles. The Morgan fingerprint density at radius 1 is 1.04 bits per heavy atom. The predicted octanol–water partition coefficient (Wildman–Crippen LogP) is 2.79. The maximum atomic E-state index is 5.56. The summed E-state index contributed by atoms with van der Waals surface area (Å²) in [6.07, 6.45) is 2.76. The minimum atomic E-state index is 0.116. The molecular weight excluding hydrogens is 356 g/mol. The van der Waals surface area contributed by atoms with Crippen LogP contribution in [0.2, 0.25) is 0 Å². The van der Waals surface area contributed by atoms with Gasteiger partial charge in [-0.2, -0.15) is 0 Å². The average molecular weight is 386 g/mol. The fourth-order valence-corrected chi connectivity index (χ4v) is 2.59. The lowest BCUT2D eigenvalue weighted by atomic mass is 10.1. The van der Waals surface area contributed by atoms with Gasteiger partial charge in [0.1, 0.15) is 0 Å². The van der Waals surface area contributed by atoms with Gasteiger partial charge in [-0.05, 0) is 43.5 Å². The lowest BCUT2D eigenvalue weighted by Gasteiger charge is -2.13. The fourth-order valence-electron chi connectivity index (χ4n) is 2.59. The summed E-state index contributed by atoms with van der Waals surface area (Å²) in [6.45, 7) is 5.34. The number of hydrogen-bond acceptors (Lipinski definition) is 5. The molecule has 2 N–H and O–H groups in total. The van der Waals surface area contributed by atoms with E-state index in [2.05, 4.69) is 20.6 Å². The summed E-state index contributed by atoms with van der Waals surface area (Å²) in [6, 6.07) is 9.81. The molecule has 0 fully saturated rings. The number of nitrogens with one attached hydrogen (secondary N) is 2. The van der Waals surface area contributed by atoms with E-state index in [1.807, 2.05) is 50.4 Å². The maximum absolute atomic E-state index is 5.56. The van der Waals surface area contributed by atoms with Crippen LogP contribution in [0.25, 0.3) is 0 Å². The predicted molar refractivity (Wildman–Crippen MR) is 111 cm³/mol. The Balaban J connectivity index is 1.80. The van der Waals surface area contributed by atoms with Crippen molar-refractivity contribution in [2.45, 2.75) is 32.9 Å². The summed E-state index contributed by atoms with van der Waals surface area (Å²) in [5, 5.41) is 6.60. The third kappa shape index (κ3) is 6.64. The molecular formula is C21H30N4O3. The van der Waals surface area contributed by atoms with Gasteiger partial charge < -0.3 is 24.8 Å². The number of aliphatic imine (C=N–C) groups is 1. The lowest BCUT2D eigenvalue weighted by molar-refractivity contribution is 0.232. The van der Waals surface area contributed by atoms with Crippen molar-refractivity contribution >= 4 is 5.96 Å². The molecule has 0 spiro atoms. The molecule has 0 aliphatic carbocycles. The smallest absolute Gasteiger partial charge is 0.213 e. The van der Waals surface area contributed by atoms with E-state index in [1.54, 1.807) is 21.3 Å². The molecule has 2 aromatic rings. The number of pyridine rings is 1. The minimum absolute atomic E-state index is 0.116. The first kappa shape index (κ1) is 21.3. The Kier molecular flexibility index (Phi) is 8.39. The van der Waals surface area contributed by atoms with Crippen LogP contribution >= 0.6 is 0 Å². The van der Waals surface area contributed by atoms with Gasteiger partial charge in [-0.1, -0.05) is 12.1 Å². The van der Waals surface area contributed by atoms with Gasteiger partial charge in [-0.3, -0.25) is 4.99 Å². The van der Waals surface area contributed by atoms with E-state index in [0.29, 0.717) is 12.4 Å². The molecule has 152 valence electrons. The number of nitrogens with zero attached hydrogens (tertiary/aromatic N) is 2. The van der Waals surface area contributed by atoms with Crippen molar-refractivity contribution in [3.8, 4) is 17.4 Å². The molecule has 0 radical (unpaired) electrons. The van der Waals surface area contributed by atoms with Crippen LogP contribution in [0.1, 0.15) is 25.0 Å². The third-order valence-electron chi connectivity index (χ3n) is 3.99. The van der Waals surface area contributed by atoms with Crippen LogP contribution in [0.3, 0.4) is 0 Å². The normalized spacial score (nSPS) is 11.3. The van der Waals surface area contributed by atoms with E-state index in [4.69, 9.17) is 14.2 Å². The van der Waals surface area contributed by atoms with Crippen molar-refractivity contribution in [2.75, 3.05) is 27.8 Å². The zero-order valence-corrected chi connectivity index (χ0v) is 17.3. The summed E-state index contributed by atoms with van der Waals surface area (Å²) in [4.78, 5) is 8.57. The van der Waals surface area contributed by atoms with Crippen LogP contribution in [0, 0.1) is 0 Å². The van der Waals surface area contributed by atoms with Crippen molar-refractivity contribution < 1.29 is 14.2 Å². The molecule has 0 bridgehead atoms. The van der Waals surface area contributed by atoms with E-state index < -0.39 is 0 Å². The highest BCUT2D eigenvalue weighted by Gasteiger charge is 2.05. The van der Waals surface area contributed by atoms with E-state index >= 15 is 0 Å². The van der Waals surface area contributed by atoms with Crippen LogP contribution in [0.15, 0.2) is 41.5 Å². The van der Waals surface area contributed by atoms with Crippen molar-refractivity contribution in [3.63, 3.8) is 0 Å². The number of benzene rings is 1. The molecule has 2 rings (SSSR count). The van der Waals surface area contributed by atoms with Crippen LogP contribution < -0.4 is 24.8 Å². The average Bonchev–Trinajstić information content (AvgIpc) is 2.71. The molecule has 0 saturated heterocycles. The number of hydrogen-bond donors (Lipinski definition) is 2. The highest BCUT2D eigenvalue weighted by Crippen LogP contribution is 2.27. The van der Waals surface area contributed by atoms with Crippen molar-refractivity contribution in [1.29, 1.82) is 0 Å². The van der Waals surface area contributed by atoms with Gasteiger partial charge in [0.05, 0.1) is 20.3 Å². The Hall–Kier alpha value is -2.96. The molecule has 1 aromatic heterocycles. The molecule has 0 saturated carbocycles. The van der Waals surface area contributed by atoms with Gasteiger partial charge in [-0.25, -0.2) is 4.98 Å². The Morgan fingerprint density at radius 2 is 1.79 bits per heavy atom. The highest BCUT2D eigenvalue weighted by molar-refractivity contribution is 5.79. The first-order valence-corrected chi connectivity index (χ1v) is 9.32. The molecule has 0 aliphatic rings. The second kappa shape index (κ2) is 11.0. The number of methoxy groups -OCH3 is 2. The molecule has 0 aliphatic heterocycles. The molecule has 1 aromatic carbocycles. The number of guanidine groups is 1. The van der Waals surface area contributed by atoms with Gasteiger partial charge in [-0.15, -0.1) is 0 Å². The van der Waals surface area contributed by atoms with E-state index in [-0.39, 0.29) is 6.10 Å². The van der Waals surface area contributed by atoms with Crippen molar-refractivity contribution in [3.05, 3.63) is 47.7 Å². The topological polar surface area (TPSA) is 77.0 Å². The summed E-state index contributed by atoms with van der Waals surface area (Å²) in [7, 11) is 5.03. The quantitative estimate of drug-likeness (QED) is 0.510. The molecule has 7 heteroatoms. The van der Waals surface area contributed by atoms with Crippen LogP contribution in [-0.2, 0) is 13.0 Å². The third-order valence-corrected chi connectivity index (χ3v) is 3.99. The monoisotopic (exact) mass is 386 g/mol. The molecule has 0 unspecified atom stereocenters. The Labute approximate surface area is 167 Å². The number of rotatable bonds is 9. The largest absolute Gasteiger partial charge is 0.493 e. The van der Waals surface area contributed by atoms with Crippen LogP contribution in [0.5, 0.6) is 17.4 Å². The van der Waals surface area contributed by atoms with Crippen LogP contribution in [0.4, 0.5) is 0 Å². The summed E-state index contributed by atoms with van der Waals surface area (Å²) >= 11 is 0. The van der Waals surface area contributed by atoms with E-state index in [9.17, 15) is 0 Å². The fraction of sp³-hybridized carbons (Fsp3) is 0.429. The second-order valence-corrected chi connectivity index (χ2v) is 6.46. The van der Waals surface area contributed by atoms with Crippen molar-refractivity contribution in [2.24, 2.45) is 4.99 Å². The summed E-state index contributed by atoms with van der Waals surface area (Å²) in [5.41, 5.74) is 2.21. The zero-order valence-electron chi connectivity index (χ0n) is 17.3. The first-order chi connectivity index (χ1) is 13.5. The lowest BCUT2D eigenvalue weighted by Crippen LogP contribution is -2.37. The Bertz CT molecular complexity index is 761. The summed E-state index contributed by atoms with van der Waals surface area (Å²) in [5.74, 6) is 2.84. The van der Waals surface area contributed by atoms with Gasteiger partial charge >= 0.3 is 0 Å².